The summed E-state index contributed by atoms with van der Waals surface area (Å²) in [4.78, 5) is 10.8. The summed E-state index contributed by atoms with van der Waals surface area (Å²) in [5.74, 6) is -1.44. The van der Waals surface area contributed by atoms with Gasteiger partial charge in [0.05, 0.1) is 0 Å². The Morgan fingerprint density at radius 2 is 1.64 bits per heavy atom. The van der Waals surface area contributed by atoms with Gasteiger partial charge in [-0.15, -0.1) is 0 Å². The molecule has 0 aromatic rings. The number of rotatable bonds is 2. The van der Waals surface area contributed by atoms with Gasteiger partial charge in [-0.1, -0.05) is 19.3 Å². The van der Waals surface area contributed by atoms with E-state index in [0.29, 0.717) is 12.8 Å². The molecule has 0 aliphatic heterocycles. The van der Waals surface area contributed by atoms with Gasteiger partial charge in [0.25, 0.3) is 10.1 Å². The fourth-order valence-corrected chi connectivity index (χ4v) is 2.73. The zero-order valence-corrected chi connectivity index (χ0v) is 10.9. The molecule has 0 bridgehead atoms. The van der Waals surface area contributed by atoms with Crippen LogP contribution in [0, 0.1) is 0 Å². The van der Waals surface area contributed by atoms with Gasteiger partial charge in [-0.25, -0.2) is 0 Å². The van der Waals surface area contributed by atoms with Gasteiger partial charge >= 0.3 is 35.5 Å². The van der Waals surface area contributed by atoms with Crippen LogP contribution in [0.25, 0.3) is 0 Å². The van der Waals surface area contributed by atoms with E-state index in [9.17, 15) is 13.2 Å². The molecule has 2 N–H and O–H groups in total. The molecular formula is C7H13NaO5S. The van der Waals surface area contributed by atoms with Crippen LogP contribution < -0.4 is 29.6 Å². The van der Waals surface area contributed by atoms with Gasteiger partial charge in [-0.3, -0.25) is 9.35 Å². The van der Waals surface area contributed by atoms with E-state index < -0.39 is 20.8 Å². The fraction of sp³-hybridized carbons (Fsp3) is 0.857. The largest absolute Gasteiger partial charge is 1.00 e. The number of carboxylic acid groups (broad SMARTS) is 1. The molecule has 0 saturated heterocycles. The minimum atomic E-state index is -4.49. The van der Waals surface area contributed by atoms with E-state index in [1.165, 1.54) is 0 Å². The molecule has 0 heterocycles. The number of carboxylic acids is 1. The second kappa shape index (κ2) is 4.94. The third-order valence-electron chi connectivity index (χ3n) is 2.54. The van der Waals surface area contributed by atoms with E-state index >= 15 is 0 Å². The predicted octanol–water partition coefficient (Wildman–Crippen LogP) is -2.22. The van der Waals surface area contributed by atoms with Crippen LogP contribution in [0.4, 0.5) is 0 Å². The summed E-state index contributed by atoms with van der Waals surface area (Å²) in [5, 5.41) is 8.79. The Morgan fingerprint density at radius 3 is 1.86 bits per heavy atom. The second-order valence-corrected chi connectivity index (χ2v) is 5.07. The average molecular weight is 232 g/mol. The van der Waals surface area contributed by atoms with Crippen LogP contribution in [0.1, 0.15) is 33.5 Å². The fourth-order valence-electron chi connectivity index (χ4n) is 1.71. The molecule has 1 rings (SSSR count). The van der Waals surface area contributed by atoms with E-state index in [2.05, 4.69) is 0 Å². The summed E-state index contributed by atoms with van der Waals surface area (Å²) in [6.07, 6.45) is 1.92. The van der Waals surface area contributed by atoms with Crippen LogP contribution in [-0.4, -0.2) is 28.8 Å². The molecular weight excluding hydrogens is 219 g/mol. The first kappa shape index (κ1) is 14.4. The smallest absolute Gasteiger partial charge is 1.00 e. The van der Waals surface area contributed by atoms with Crippen molar-refractivity contribution in [2.45, 2.75) is 36.9 Å². The molecule has 0 radical (unpaired) electrons. The Kier molecular flexibility index (Phi) is 5.07. The Labute approximate surface area is 106 Å². The Balaban J connectivity index is 0. The van der Waals surface area contributed by atoms with Gasteiger partial charge in [0.2, 0.25) is 0 Å². The quantitative estimate of drug-likeness (QED) is 0.415. The van der Waals surface area contributed by atoms with Crippen molar-refractivity contribution in [3.63, 3.8) is 0 Å². The van der Waals surface area contributed by atoms with E-state index in [1.807, 2.05) is 0 Å². The minimum Gasteiger partial charge on any atom is -1.00 e. The van der Waals surface area contributed by atoms with E-state index in [4.69, 9.17) is 9.66 Å². The van der Waals surface area contributed by atoms with Crippen LogP contribution >= 0.6 is 0 Å². The molecule has 0 aromatic carbocycles. The van der Waals surface area contributed by atoms with Crippen LogP contribution in [0.15, 0.2) is 0 Å². The molecule has 1 fully saturated rings. The molecule has 1 aliphatic rings. The Morgan fingerprint density at radius 1 is 1.21 bits per heavy atom. The third kappa shape index (κ3) is 2.49. The van der Waals surface area contributed by atoms with E-state index in [1.54, 1.807) is 0 Å². The zero-order valence-electron chi connectivity index (χ0n) is 9.06. The molecule has 5 nitrogen and oxygen atoms in total. The zero-order chi connectivity index (χ0) is 10.1. The minimum absolute atomic E-state index is 0. The number of hydrogen-bond acceptors (Lipinski definition) is 3. The van der Waals surface area contributed by atoms with Crippen molar-refractivity contribution in [3.8, 4) is 0 Å². The van der Waals surface area contributed by atoms with Crippen molar-refractivity contribution in [2.75, 3.05) is 0 Å². The molecule has 7 heteroatoms. The molecule has 0 unspecified atom stereocenters. The molecule has 1 saturated carbocycles. The van der Waals surface area contributed by atoms with E-state index in [-0.39, 0.29) is 43.8 Å². The predicted molar refractivity (Wildman–Crippen MR) is 46.1 cm³/mol. The normalized spacial score (nSPS) is 20.9. The van der Waals surface area contributed by atoms with Gasteiger partial charge < -0.3 is 6.53 Å². The Bertz CT molecular complexity index is 309. The van der Waals surface area contributed by atoms with Crippen LogP contribution in [-0.2, 0) is 14.9 Å². The van der Waals surface area contributed by atoms with Gasteiger partial charge in [0.1, 0.15) is 0 Å². The van der Waals surface area contributed by atoms with Crippen molar-refractivity contribution in [1.82, 2.24) is 0 Å². The standard InChI is InChI=1S/C7H12O5S.Na.H/c8-6(9)7(13(10,11)12)4-2-1-3-5-7;;/h1-5H2,(H,8,9)(H,10,11,12);;/q;+1;-1. The first-order chi connectivity index (χ1) is 5.90. The van der Waals surface area contributed by atoms with Gasteiger partial charge in [-0.2, -0.15) is 8.42 Å². The third-order valence-corrected chi connectivity index (χ3v) is 4.12. The maximum atomic E-state index is 10.9. The first-order valence-electron chi connectivity index (χ1n) is 4.10. The van der Waals surface area contributed by atoms with Crippen molar-refractivity contribution in [1.29, 1.82) is 0 Å². The SMILES string of the molecule is O=C(O)C1(S(=O)(=O)O)CCCCC1.[H-].[Na+]. The summed E-state index contributed by atoms with van der Waals surface area (Å²) in [6, 6.07) is 0. The van der Waals surface area contributed by atoms with Gasteiger partial charge in [-0.05, 0) is 12.8 Å². The van der Waals surface area contributed by atoms with Crippen molar-refractivity contribution in [3.05, 3.63) is 0 Å². The summed E-state index contributed by atoms with van der Waals surface area (Å²) in [7, 11) is -4.49. The summed E-state index contributed by atoms with van der Waals surface area (Å²) in [6.45, 7) is 0. The molecule has 78 valence electrons. The van der Waals surface area contributed by atoms with Crippen LogP contribution in [0.2, 0.25) is 0 Å². The molecule has 1 aliphatic carbocycles. The van der Waals surface area contributed by atoms with Crippen molar-refractivity contribution >= 4 is 16.1 Å². The topological polar surface area (TPSA) is 91.7 Å². The number of hydrogen-bond donors (Lipinski definition) is 2. The number of aliphatic carboxylic acids is 1. The van der Waals surface area contributed by atoms with Gasteiger partial charge in [0.15, 0.2) is 4.75 Å². The molecule has 14 heavy (non-hydrogen) atoms. The van der Waals surface area contributed by atoms with Crippen LogP contribution in [0.5, 0.6) is 0 Å². The summed E-state index contributed by atoms with van der Waals surface area (Å²) in [5.41, 5.74) is 0. The summed E-state index contributed by atoms with van der Waals surface area (Å²) >= 11 is 0. The van der Waals surface area contributed by atoms with Crippen molar-refractivity contribution < 1.29 is 53.9 Å². The molecule has 0 aromatic heterocycles. The molecule has 0 spiro atoms. The maximum Gasteiger partial charge on any atom is 1.00 e. The molecule has 0 atom stereocenters. The van der Waals surface area contributed by atoms with Crippen LogP contribution in [0.3, 0.4) is 0 Å². The number of carbonyl (C=O) groups is 1. The van der Waals surface area contributed by atoms with Gasteiger partial charge in [0, 0.05) is 0 Å². The second-order valence-electron chi connectivity index (χ2n) is 3.34. The first-order valence-corrected chi connectivity index (χ1v) is 5.54. The van der Waals surface area contributed by atoms with E-state index in [0.717, 1.165) is 6.42 Å². The van der Waals surface area contributed by atoms with Crippen molar-refractivity contribution in [2.24, 2.45) is 0 Å². The monoisotopic (exact) mass is 232 g/mol. The maximum absolute atomic E-state index is 10.9. The Hall–Kier alpha value is 0.380. The molecule has 0 amide bonds. The summed E-state index contributed by atoms with van der Waals surface area (Å²) < 4.78 is 28.8. The average Bonchev–Trinajstić information content (AvgIpc) is 2.03.